The molecule has 0 N–H and O–H groups in total. The molecule has 144 valence electrons. The van der Waals surface area contributed by atoms with E-state index >= 15 is 0 Å². The molecule has 28 heavy (non-hydrogen) atoms. The van der Waals surface area contributed by atoms with Crippen molar-refractivity contribution in [3.05, 3.63) is 46.7 Å². The summed E-state index contributed by atoms with van der Waals surface area (Å²) in [4.78, 5) is 13.7. The number of hydrogen-bond acceptors (Lipinski definition) is 8. The van der Waals surface area contributed by atoms with E-state index in [1.165, 1.54) is 0 Å². The van der Waals surface area contributed by atoms with Crippen LogP contribution in [0.25, 0.3) is 16.3 Å². The minimum atomic E-state index is 0.627. The van der Waals surface area contributed by atoms with Crippen LogP contribution < -0.4 is 9.47 Å². The van der Waals surface area contributed by atoms with Gasteiger partial charge in [-0.25, -0.2) is 14.5 Å². The van der Waals surface area contributed by atoms with E-state index in [0.717, 1.165) is 39.2 Å². The SMILES string of the molecule is COc1ccc(-c2nc(CSc3nc4nc(C)cc(C)n4n3)cs2)c(OC)c1. The molecule has 4 aromatic rings. The molecule has 0 fully saturated rings. The molecule has 3 heterocycles. The van der Waals surface area contributed by atoms with Crippen molar-refractivity contribution in [1.82, 2.24) is 24.6 Å². The van der Waals surface area contributed by atoms with Crippen molar-refractivity contribution in [2.75, 3.05) is 14.2 Å². The van der Waals surface area contributed by atoms with E-state index in [-0.39, 0.29) is 0 Å². The molecule has 4 rings (SSSR count). The van der Waals surface area contributed by atoms with Crippen LogP contribution in [-0.2, 0) is 5.75 Å². The third-order valence-corrected chi connectivity index (χ3v) is 5.93. The Morgan fingerprint density at radius 1 is 1.07 bits per heavy atom. The van der Waals surface area contributed by atoms with Gasteiger partial charge in [-0.1, -0.05) is 11.8 Å². The first kappa shape index (κ1) is 18.7. The van der Waals surface area contributed by atoms with Crippen LogP contribution in [0.15, 0.2) is 34.8 Å². The Bertz CT molecular complexity index is 1140. The molecule has 0 aliphatic carbocycles. The lowest BCUT2D eigenvalue weighted by Gasteiger charge is -2.08. The van der Waals surface area contributed by atoms with Crippen LogP contribution in [-0.4, -0.2) is 38.8 Å². The zero-order valence-corrected chi connectivity index (χ0v) is 17.6. The quantitative estimate of drug-likeness (QED) is 0.439. The lowest BCUT2D eigenvalue weighted by atomic mass is 10.2. The van der Waals surface area contributed by atoms with Crippen molar-refractivity contribution in [2.24, 2.45) is 0 Å². The van der Waals surface area contributed by atoms with E-state index in [4.69, 9.17) is 14.5 Å². The van der Waals surface area contributed by atoms with Gasteiger partial charge in [-0.05, 0) is 32.0 Å². The number of aromatic nitrogens is 5. The maximum absolute atomic E-state index is 5.49. The molecule has 9 heteroatoms. The second-order valence-corrected chi connectivity index (χ2v) is 7.94. The monoisotopic (exact) mass is 413 g/mol. The average molecular weight is 414 g/mol. The van der Waals surface area contributed by atoms with E-state index in [2.05, 4.69) is 20.4 Å². The van der Waals surface area contributed by atoms with Crippen molar-refractivity contribution < 1.29 is 9.47 Å². The van der Waals surface area contributed by atoms with Crippen molar-refractivity contribution in [2.45, 2.75) is 24.8 Å². The number of ether oxygens (including phenoxy) is 2. The molecule has 7 nitrogen and oxygen atoms in total. The van der Waals surface area contributed by atoms with Gasteiger partial charge in [0.25, 0.3) is 5.78 Å². The number of fused-ring (bicyclic) bond motifs is 1. The highest BCUT2D eigenvalue weighted by atomic mass is 32.2. The van der Waals surface area contributed by atoms with E-state index in [0.29, 0.717) is 16.7 Å². The molecule has 3 aromatic heterocycles. The molecule has 0 saturated heterocycles. The number of thioether (sulfide) groups is 1. The molecule has 1 aromatic carbocycles. The minimum absolute atomic E-state index is 0.627. The summed E-state index contributed by atoms with van der Waals surface area (Å²) in [6.45, 7) is 3.96. The van der Waals surface area contributed by atoms with E-state index in [9.17, 15) is 0 Å². The van der Waals surface area contributed by atoms with Gasteiger partial charge in [0.1, 0.15) is 16.5 Å². The summed E-state index contributed by atoms with van der Waals surface area (Å²) in [6, 6.07) is 7.73. The summed E-state index contributed by atoms with van der Waals surface area (Å²) in [6.07, 6.45) is 0. The van der Waals surface area contributed by atoms with Gasteiger partial charge in [-0.15, -0.1) is 16.4 Å². The standard InChI is InChI=1S/C19H19N5O2S2/c1-11-7-12(2)24-18(20-11)22-19(23-24)28-10-13-9-27-17(21-13)15-6-5-14(25-3)8-16(15)26-4/h5-9H,10H2,1-4H3. The fourth-order valence-corrected chi connectivity index (χ4v) is 4.48. The Morgan fingerprint density at radius 2 is 1.93 bits per heavy atom. The molecule has 0 spiro atoms. The van der Waals surface area contributed by atoms with Crippen molar-refractivity contribution >= 4 is 28.9 Å². The Hall–Kier alpha value is -2.65. The third-order valence-electron chi connectivity index (χ3n) is 4.14. The van der Waals surface area contributed by atoms with Gasteiger partial charge in [-0.2, -0.15) is 4.98 Å². The molecule has 0 aliphatic heterocycles. The fraction of sp³-hybridized carbons (Fsp3) is 0.263. The number of rotatable bonds is 6. The number of hydrogen-bond donors (Lipinski definition) is 0. The van der Waals surface area contributed by atoms with Crippen LogP contribution in [0.3, 0.4) is 0 Å². The maximum atomic E-state index is 5.49. The number of benzene rings is 1. The highest BCUT2D eigenvalue weighted by molar-refractivity contribution is 7.98. The van der Waals surface area contributed by atoms with E-state index in [1.807, 2.05) is 38.1 Å². The first-order chi connectivity index (χ1) is 13.6. The normalized spacial score (nSPS) is 11.1. The van der Waals surface area contributed by atoms with E-state index in [1.54, 1.807) is 41.8 Å². The molecule has 0 amide bonds. The Labute approximate surface area is 170 Å². The van der Waals surface area contributed by atoms with Crippen LogP contribution in [0, 0.1) is 13.8 Å². The third kappa shape index (κ3) is 3.67. The highest BCUT2D eigenvalue weighted by Gasteiger charge is 2.13. The molecule has 0 unspecified atom stereocenters. The Kier molecular flexibility index (Phi) is 5.19. The van der Waals surface area contributed by atoms with Crippen LogP contribution in [0.5, 0.6) is 11.5 Å². The molecule has 0 atom stereocenters. The zero-order chi connectivity index (χ0) is 19.7. The summed E-state index contributed by atoms with van der Waals surface area (Å²) < 4.78 is 12.5. The van der Waals surface area contributed by atoms with Gasteiger partial charge in [-0.3, -0.25) is 0 Å². The van der Waals surface area contributed by atoms with Crippen LogP contribution >= 0.6 is 23.1 Å². The van der Waals surface area contributed by atoms with E-state index < -0.39 is 0 Å². The fourth-order valence-electron chi connectivity index (χ4n) is 2.82. The van der Waals surface area contributed by atoms with Gasteiger partial charge in [0.15, 0.2) is 0 Å². The van der Waals surface area contributed by atoms with Crippen molar-refractivity contribution in [3.8, 4) is 22.1 Å². The van der Waals surface area contributed by atoms with Crippen molar-refractivity contribution in [1.29, 1.82) is 0 Å². The molecular weight excluding hydrogens is 394 g/mol. The molecule has 0 radical (unpaired) electrons. The minimum Gasteiger partial charge on any atom is -0.497 e. The lowest BCUT2D eigenvalue weighted by Crippen LogP contribution is -1.97. The predicted octanol–water partition coefficient (Wildman–Crippen LogP) is 4.17. The molecule has 0 bridgehead atoms. The summed E-state index contributed by atoms with van der Waals surface area (Å²) in [5.41, 5.74) is 3.88. The number of aryl methyl sites for hydroxylation is 2. The molecule has 0 saturated carbocycles. The second kappa shape index (κ2) is 7.76. The first-order valence-electron chi connectivity index (χ1n) is 8.58. The van der Waals surface area contributed by atoms with Gasteiger partial charge in [0.2, 0.25) is 5.16 Å². The molecular formula is C19H19N5O2S2. The van der Waals surface area contributed by atoms with Crippen molar-refractivity contribution in [3.63, 3.8) is 0 Å². The van der Waals surface area contributed by atoms with Crippen LogP contribution in [0.4, 0.5) is 0 Å². The molecule has 0 aliphatic rings. The van der Waals surface area contributed by atoms with Gasteiger partial charge < -0.3 is 9.47 Å². The average Bonchev–Trinajstić information content (AvgIpc) is 3.32. The number of methoxy groups -OCH3 is 2. The summed E-state index contributed by atoms with van der Waals surface area (Å²) in [5, 5.41) is 8.18. The highest BCUT2D eigenvalue weighted by Crippen LogP contribution is 2.35. The Morgan fingerprint density at radius 3 is 2.71 bits per heavy atom. The first-order valence-corrected chi connectivity index (χ1v) is 10.4. The lowest BCUT2D eigenvalue weighted by molar-refractivity contribution is 0.395. The van der Waals surface area contributed by atoms with Gasteiger partial charge >= 0.3 is 0 Å². The van der Waals surface area contributed by atoms with Crippen LogP contribution in [0.1, 0.15) is 17.1 Å². The van der Waals surface area contributed by atoms with Crippen LogP contribution in [0.2, 0.25) is 0 Å². The second-order valence-electron chi connectivity index (χ2n) is 6.14. The maximum Gasteiger partial charge on any atom is 0.253 e. The van der Waals surface area contributed by atoms with Gasteiger partial charge in [0.05, 0.1) is 25.5 Å². The zero-order valence-electron chi connectivity index (χ0n) is 16.0. The smallest absolute Gasteiger partial charge is 0.253 e. The summed E-state index contributed by atoms with van der Waals surface area (Å²) >= 11 is 3.13. The number of nitrogens with zero attached hydrogens (tertiary/aromatic N) is 5. The summed E-state index contributed by atoms with van der Waals surface area (Å²) in [5.74, 6) is 2.81. The van der Waals surface area contributed by atoms with Gasteiger partial charge in [0, 0.05) is 28.6 Å². The topological polar surface area (TPSA) is 74.4 Å². The Balaban J connectivity index is 1.52. The predicted molar refractivity (Wildman–Crippen MR) is 110 cm³/mol. The largest absolute Gasteiger partial charge is 0.497 e. The summed E-state index contributed by atoms with van der Waals surface area (Å²) in [7, 11) is 3.29. The number of thiazole rings is 1.